The van der Waals surface area contributed by atoms with Gasteiger partial charge < -0.3 is 20.8 Å². The van der Waals surface area contributed by atoms with Crippen molar-refractivity contribution in [2.45, 2.75) is 100 Å². The highest BCUT2D eigenvalue weighted by Crippen LogP contribution is 2.48. The zero-order valence-corrected chi connectivity index (χ0v) is 21.6. The third kappa shape index (κ3) is 4.82. The van der Waals surface area contributed by atoms with Crippen molar-refractivity contribution in [2.24, 2.45) is 11.1 Å². The molecule has 4 N–H and O–H groups in total. The lowest BCUT2D eigenvalue weighted by molar-refractivity contribution is -0.185. The molecule has 2 aromatic rings. The zero-order chi connectivity index (χ0) is 26.1. The average Bonchev–Trinajstić information content (AvgIpc) is 3.38. The molecule has 3 saturated carbocycles. The van der Waals surface area contributed by atoms with Gasteiger partial charge in [-0.1, -0.05) is 73.5 Å². The Morgan fingerprint density at radius 1 is 0.703 bits per heavy atom. The predicted octanol–water partition coefficient (Wildman–Crippen LogP) is 3.91. The van der Waals surface area contributed by atoms with Crippen molar-refractivity contribution in [3.05, 3.63) is 71.8 Å². The molecular weight excluding hydrogens is 464 g/mol. The molecule has 5 rings (SSSR count). The van der Waals surface area contributed by atoms with E-state index in [4.69, 9.17) is 5.73 Å². The first-order valence-corrected chi connectivity index (χ1v) is 13.9. The van der Waals surface area contributed by atoms with Gasteiger partial charge >= 0.3 is 0 Å². The molecule has 3 aliphatic carbocycles. The van der Waals surface area contributed by atoms with Gasteiger partial charge in [0.1, 0.15) is 5.41 Å². The molecule has 2 aromatic carbocycles. The van der Waals surface area contributed by atoms with Crippen LogP contribution in [0.25, 0.3) is 0 Å². The molecule has 3 fully saturated rings. The van der Waals surface area contributed by atoms with E-state index in [0.717, 1.165) is 36.8 Å². The molecule has 198 valence electrons. The van der Waals surface area contributed by atoms with E-state index in [1.165, 1.54) is 0 Å². The fourth-order valence-corrected chi connectivity index (χ4v) is 6.81. The number of aliphatic hydroxyl groups is 2. The molecular formula is C31H40N2O4. The Kier molecular flexibility index (Phi) is 7.16. The molecule has 0 spiro atoms. The largest absolute Gasteiger partial charge is 0.388 e. The number of carbonyl (C=O) groups excluding carboxylic acids is 2. The van der Waals surface area contributed by atoms with E-state index in [-0.39, 0.29) is 5.91 Å². The highest BCUT2D eigenvalue weighted by atomic mass is 16.3. The summed E-state index contributed by atoms with van der Waals surface area (Å²) in [7, 11) is 0. The Morgan fingerprint density at radius 3 is 1.43 bits per heavy atom. The summed E-state index contributed by atoms with van der Waals surface area (Å²) in [6, 6.07) is 18.7. The summed E-state index contributed by atoms with van der Waals surface area (Å²) in [4.78, 5) is 29.5. The topological polar surface area (TPSA) is 104 Å². The molecule has 6 heteroatoms. The fourth-order valence-electron chi connectivity index (χ4n) is 6.81. The van der Waals surface area contributed by atoms with Gasteiger partial charge in [0.2, 0.25) is 11.8 Å². The van der Waals surface area contributed by atoms with Crippen molar-refractivity contribution >= 4 is 11.8 Å². The maximum absolute atomic E-state index is 14.7. The van der Waals surface area contributed by atoms with E-state index in [2.05, 4.69) is 0 Å². The Hall–Kier alpha value is -2.70. The van der Waals surface area contributed by atoms with Crippen molar-refractivity contribution in [2.75, 3.05) is 0 Å². The smallest absolute Gasteiger partial charge is 0.238 e. The molecule has 2 amide bonds. The van der Waals surface area contributed by atoms with E-state index in [1.807, 2.05) is 60.7 Å². The highest BCUT2D eigenvalue weighted by Gasteiger charge is 2.58. The lowest BCUT2D eigenvalue weighted by atomic mass is 9.67. The quantitative estimate of drug-likeness (QED) is 0.427. The number of benzene rings is 2. The Bertz CT molecular complexity index is 1020. The van der Waals surface area contributed by atoms with Gasteiger partial charge in [-0.3, -0.25) is 9.59 Å². The molecule has 0 saturated heterocycles. The summed E-state index contributed by atoms with van der Waals surface area (Å²) in [5, 5.41) is 23.8. The van der Waals surface area contributed by atoms with Crippen LogP contribution in [0.4, 0.5) is 0 Å². The molecule has 37 heavy (non-hydrogen) atoms. The number of carbonyl (C=O) groups is 2. The summed E-state index contributed by atoms with van der Waals surface area (Å²) >= 11 is 0. The van der Waals surface area contributed by atoms with Crippen LogP contribution >= 0.6 is 0 Å². The van der Waals surface area contributed by atoms with Crippen LogP contribution in [-0.2, 0) is 22.4 Å². The maximum Gasteiger partial charge on any atom is 0.238 e. The lowest BCUT2D eigenvalue weighted by Crippen LogP contribution is -2.70. The van der Waals surface area contributed by atoms with Crippen LogP contribution in [0.2, 0.25) is 0 Å². The van der Waals surface area contributed by atoms with Gasteiger partial charge in [0, 0.05) is 0 Å². The molecule has 6 nitrogen and oxygen atoms in total. The molecule has 0 aliphatic heterocycles. The van der Waals surface area contributed by atoms with E-state index < -0.39 is 34.6 Å². The molecule has 0 radical (unpaired) electrons. The highest BCUT2D eigenvalue weighted by molar-refractivity contribution is 6.05. The van der Waals surface area contributed by atoms with Crippen molar-refractivity contribution in [3.63, 3.8) is 0 Å². The van der Waals surface area contributed by atoms with E-state index in [9.17, 15) is 19.8 Å². The fraction of sp³-hybridized carbons (Fsp3) is 0.548. The second-order valence-electron chi connectivity index (χ2n) is 11.7. The average molecular weight is 505 g/mol. The molecule has 0 bridgehead atoms. The van der Waals surface area contributed by atoms with Crippen LogP contribution in [0.3, 0.4) is 0 Å². The van der Waals surface area contributed by atoms with Crippen LogP contribution in [0.5, 0.6) is 0 Å². The molecule has 3 aliphatic rings. The number of nitrogens with two attached hydrogens (primary N) is 1. The van der Waals surface area contributed by atoms with E-state index >= 15 is 0 Å². The molecule has 0 heterocycles. The third-order valence-electron chi connectivity index (χ3n) is 9.47. The third-order valence-corrected chi connectivity index (χ3v) is 9.47. The van der Waals surface area contributed by atoms with E-state index in [0.29, 0.717) is 51.4 Å². The first-order chi connectivity index (χ1) is 17.8. The zero-order valence-electron chi connectivity index (χ0n) is 21.6. The molecule has 0 unspecified atom stereocenters. The minimum Gasteiger partial charge on any atom is -0.388 e. The van der Waals surface area contributed by atoms with Gasteiger partial charge in [-0.2, -0.15) is 0 Å². The molecule has 2 atom stereocenters. The minimum absolute atomic E-state index is 0.306. The standard InChI is InChI=1S/C31H40N2O4/c32-27(34)29(15-7-8-16-29)28(35)33(25(30(36)17-9-18-30)21-23-11-3-1-4-12-23)26(31(37)19-10-20-31)22-24-13-5-2-6-14-24/h1-6,11-14,25-26,36-37H,7-10,15-22H2,(H2,32,34)/t25-,26-/m1/s1. The van der Waals surface area contributed by atoms with Gasteiger partial charge in [0.15, 0.2) is 0 Å². The first-order valence-electron chi connectivity index (χ1n) is 13.9. The van der Waals surface area contributed by atoms with E-state index in [1.54, 1.807) is 4.90 Å². The summed E-state index contributed by atoms with van der Waals surface area (Å²) in [5.41, 5.74) is 4.58. The number of rotatable bonds is 10. The summed E-state index contributed by atoms with van der Waals surface area (Å²) in [6.07, 6.45) is 7.43. The number of hydrogen-bond donors (Lipinski definition) is 3. The number of hydrogen-bond acceptors (Lipinski definition) is 4. The second-order valence-corrected chi connectivity index (χ2v) is 11.7. The summed E-state index contributed by atoms with van der Waals surface area (Å²) in [6.45, 7) is 0. The maximum atomic E-state index is 14.7. The summed E-state index contributed by atoms with van der Waals surface area (Å²) < 4.78 is 0. The SMILES string of the molecule is NC(=O)C1(C(=O)N([C@H](Cc2ccccc2)C2(O)CCC2)[C@H](Cc2ccccc2)C2(O)CCC2)CCCC1. The van der Waals surface area contributed by atoms with Crippen molar-refractivity contribution in [1.82, 2.24) is 4.90 Å². The van der Waals surface area contributed by atoms with Crippen LogP contribution in [-0.4, -0.2) is 50.2 Å². The minimum atomic E-state index is -1.29. The van der Waals surface area contributed by atoms with Gasteiger partial charge in [0.25, 0.3) is 0 Å². The Morgan fingerprint density at radius 2 is 1.11 bits per heavy atom. The lowest BCUT2D eigenvalue weighted by Gasteiger charge is -2.56. The monoisotopic (exact) mass is 504 g/mol. The van der Waals surface area contributed by atoms with Crippen LogP contribution in [0, 0.1) is 5.41 Å². The normalized spacial score (nSPS) is 22.8. The van der Waals surface area contributed by atoms with Crippen molar-refractivity contribution in [3.8, 4) is 0 Å². The van der Waals surface area contributed by atoms with Gasteiger partial charge in [-0.15, -0.1) is 0 Å². The van der Waals surface area contributed by atoms with Gasteiger partial charge in [-0.25, -0.2) is 0 Å². The predicted molar refractivity (Wildman–Crippen MR) is 142 cm³/mol. The van der Waals surface area contributed by atoms with Crippen LogP contribution < -0.4 is 5.73 Å². The number of amides is 2. The molecule has 0 aromatic heterocycles. The van der Waals surface area contributed by atoms with Crippen molar-refractivity contribution in [1.29, 1.82) is 0 Å². The van der Waals surface area contributed by atoms with Gasteiger partial charge in [0.05, 0.1) is 23.3 Å². The van der Waals surface area contributed by atoms with Crippen molar-refractivity contribution < 1.29 is 19.8 Å². The summed E-state index contributed by atoms with van der Waals surface area (Å²) in [5.74, 6) is -0.891. The van der Waals surface area contributed by atoms with Crippen LogP contribution in [0.1, 0.15) is 75.3 Å². The second kappa shape index (κ2) is 10.2. The Balaban J connectivity index is 1.64. The van der Waals surface area contributed by atoms with Gasteiger partial charge in [-0.05, 0) is 75.3 Å². The van der Waals surface area contributed by atoms with Crippen LogP contribution in [0.15, 0.2) is 60.7 Å². The number of primary amides is 1. The first kappa shape index (κ1) is 25.9. The number of nitrogens with zero attached hydrogens (tertiary/aromatic N) is 1. The Labute approximate surface area is 219 Å².